The molecule has 0 aromatic heterocycles. The SMILES string of the molecule is O=S1(=O)CCC(NCC2CCCCC2O)CC1. The van der Waals surface area contributed by atoms with Crippen LogP contribution in [0.25, 0.3) is 0 Å². The van der Waals surface area contributed by atoms with E-state index in [1.165, 1.54) is 6.42 Å². The summed E-state index contributed by atoms with van der Waals surface area (Å²) in [5.74, 6) is 0.998. The molecular weight excluding hydrogens is 238 g/mol. The van der Waals surface area contributed by atoms with Crippen LogP contribution in [0.3, 0.4) is 0 Å². The summed E-state index contributed by atoms with van der Waals surface area (Å²) >= 11 is 0. The molecule has 1 heterocycles. The topological polar surface area (TPSA) is 66.4 Å². The van der Waals surface area contributed by atoms with Crippen molar-refractivity contribution >= 4 is 9.84 Å². The number of aliphatic hydroxyl groups excluding tert-OH is 1. The second kappa shape index (κ2) is 5.67. The molecule has 0 spiro atoms. The van der Waals surface area contributed by atoms with E-state index >= 15 is 0 Å². The van der Waals surface area contributed by atoms with Crippen molar-refractivity contribution in [2.24, 2.45) is 5.92 Å². The van der Waals surface area contributed by atoms with Gasteiger partial charge in [0, 0.05) is 12.6 Å². The Labute approximate surface area is 104 Å². The second-order valence-corrected chi connectivity index (χ2v) is 7.75. The molecule has 1 saturated heterocycles. The van der Waals surface area contributed by atoms with E-state index in [1.807, 2.05) is 0 Å². The minimum Gasteiger partial charge on any atom is -0.393 e. The second-order valence-electron chi connectivity index (χ2n) is 5.45. The molecule has 100 valence electrons. The molecule has 1 aliphatic heterocycles. The lowest BCUT2D eigenvalue weighted by Crippen LogP contribution is -2.42. The lowest BCUT2D eigenvalue weighted by atomic mass is 9.86. The molecule has 2 N–H and O–H groups in total. The normalized spacial score (nSPS) is 34.6. The monoisotopic (exact) mass is 261 g/mol. The minimum atomic E-state index is -2.76. The molecule has 2 rings (SSSR count). The van der Waals surface area contributed by atoms with E-state index in [-0.39, 0.29) is 6.10 Å². The maximum absolute atomic E-state index is 11.3. The summed E-state index contributed by atoms with van der Waals surface area (Å²) in [4.78, 5) is 0. The first-order valence-corrected chi connectivity index (χ1v) is 8.51. The number of aliphatic hydroxyl groups is 1. The summed E-state index contributed by atoms with van der Waals surface area (Å²) in [6, 6.07) is 0.327. The quantitative estimate of drug-likeness (QED) is 0.785. The maximum Gasteiger partial charge on any atom is 0.150 e. The third kappa shape index (κ3) is 3.93. The van der Waals surface area contributed by atoms with Crippen molar-refractivity contribution in [3.63, 3.8) is 0 Å². The zero-order valence-corrected chi connectivity index (χ0v) is 11.1. The van der Waals surface area contributed by atoms with Crippen LogP contribution in [0, 0.1) is 5.92 Å². The number of hydrogen-bond acceptors (Lipinski definition) is 4. The molecule has 1 aliphatic carbocycles. The smallest absolute Gasteiger partial charge is 0.150 e. The Balaban J connectivity index is 1.72. The van der Waals surface area contributed by atoms with Crippen molar-refractivity contribution < 1.29 is 13.5 Å². The van der Waals surface area contributed by atoms with Crippen molar-refractivity contribution in [2.75, 3.05) is 18.1 Å². The molecule has 0 aromatic rings. The first-order valence-electron chi connectivity index (χ1n) is 6.69. The van der Waals surface area contributed by atoms with Gasteiger partial charge in [0.2, 0.25) is 0 Å². The lowest BCUT2D eigenvalue weighted by molar-refractivity contribution is 0.0679. The highest BCUT2D eigenvalue weighted by atomic mass is 32.2. The van der Waals surface area contributed by atoms with Gasteiger partial charge in [0.1, 0.15) is 9.84 Å². The van der Waals surface area contributed by atoms with Gasteiger partial charge in [-0.1, -0.05) is 12.8 Å². The van der Waals surface area contributed by atoms with Gasteiger partial charge in [-0.25, -0.2) is 8.42 Å². The van der Waals surface area contributed by atoms with Crippen molar-refractivity contribution in [1.29, 1.82) is 0 Å². The first kappa shape index (κ1) is 13.3. The summed E-state index contributed by atoms with van der Waals surface area (Å²) in [6.45, 7) is 0.839. The highest BCUT2D eigenvalue weighted by molar-refractivity contribution is 7.91. The Bertz CT molecular complexity index is 328. The van der Waals surface area contributed by atoms with Crippen molar-refractivity contribution in [3.8, 4) is 0 Å². The van der Waals surface area contributed by atoms with Gasteiger partial charge in [0.25, 0.3) is 0 Å². The van der Waals surface area contributed by atoms with E-state index in [0.29, 0.717) is 23.5 Å². The fraction of sp³-hybridized carbons (Fsp3) is 1.00. The zero-order valence-electron chi connectivity index (χ0n) is 10.3. The third-order valence-electron chi connectivity index (χ3n) is 4.09. The average molecular weight is 261 g/mol. The van der Waals surface area contributed by atoms with Crippen LogP contribution in [0.1, 0.15) is 38.5 Å². The summed E-state index contributed by atoms with van der Waals surface area (Å²) < 4.78 is 22.6. The van der Waals surface area contributed by atoms with Crippen LogP contribution >= 0.6 is 0 Å². The van der Waals surface area contributed by atoms with Crippen LogP contribution in [0.2, 0.25) is 0 Å². The van der Waals surface area contributed by atoms with Gasteiger partial charge in [0.05, 0.1) is 17.6 Å². The fourth-order valence-electron chi connectivity index (χ4n) is 2.84. The van der Waals surface area contributed by atoms with Gasteiger partial charge in [0.15, 0.2) is 0 Å². The van der Waals surface area contributed by atoms with Gasteiger partial charge < -0.3 is 10.4 Å². The Morgan fingerprint density at radius 2 is 1.71 bits per heavy atom. The van der Waals surface area contributed by atoms with Crippen LogP contribution in [-0.2, 0) is 9.84 Å². The summed E-state index contributed by atoms with van der Waals surface area (Å²) in [6.07, 6.45) is 5.66. The molecule has 0 radical (unpaired) electrons. The van der Waals surface area contributed by atoms with Crippen LogP contribution in [0.5, 0.6) is 0 Å². The molecule has 2 fully saturated rings. The Hall–Kier alpha value is -0.130. The van der Waals surface area contributed by atoms with Crippen molar-refractivity contribution in [2.45, 2.75) is 50.7 Å². The molecule has 0 bridgehead atoms. The predicted octanol–water partition coefficient (Wildman–Crippen LogP) is 0.704. The van der Waals surface area contributed by atoms with E-state index in [4.69, 9.17) is 0 Å². The van der Waals surface area contributed by atoms with Gasteiger partial charge in [-0.15, -0.1) is 0 Å². The molecular formula is C12H23NO3S. The molecule has 0 aromatic carbocycles. The summed E-state index contributed by atoms with van der Waals surface area (Å²) in [5, 5.41) is 13.3. The third-order valence-corrected chi connectivity index (χ3v) is 5.81. The zero-order chi connectivity index (χ0) is 12.3. The Morgan fingerprint density at radius 1 is 1.06 bits per heavy atom. The fourth-order valence-corrected chi connectivity index (χ4v) is 4.33. The van der Waals surface area contributed by atoms with E-state index < -0.39 is 9.84 Å². The molecule has 1 saturated carbocycles. The van der Waals surface area contributed by atoms with Gasteiger partial charge >= 0.3 is 0 Å². The number of sulfone groups is 1. The Morgan fingerprint density at radius 3 is 2.35 bits per heavy atom. The van der Waals surface area contributed by atoms with Gasteiger partial charge in [-0.2, -0.15) is 0 Å². The molecule has 0 amide bonds. The van der Waals surface area contributed by atoms with Crippen LogP contribution in [0.4, 0.5) is 0 Å². The van der Waals surface area contributed by atoms with Gasteiger partial charge in [-0.05, 0) is 31.6 Å². The largest absolute Gasteiger partial charge is 0.393 e. The molecule has 4 nitrogen and oxygen atoms in total. The summed E-state index contributed by atoms with van der Waals surface area (Å²) in [7, 11) is -2.76. The number of nitrogens with one attached hydrogen (secondary N) is 1. The minimum absolute atomic E-state index is 0.163. The Kier molecular flexibility index (Phi) is 4.44. The maximum atomic E-state index is 11.3. The molecule has 5 heteroatoms. The standard InChI is InChI=1S/C12H23NO3S/c14-12-4-2-1-3-10(12)9-13-11-5-7-17(15,16)8-6-11/h10-14H,1-9H2. The van der Waals surface area contributed by atoms with E-state index in [1.54, 1.807) is 0 Å². The first-order chi connectivity index (χ1) is 8.07. The number of hydrogen-bond donors (Lipinski definition) is 2. The lowest BCUT2D eigenvalue weighted by Gasteiger charge is -2.30. The molecule has 2 unspecified atom stereocenters. The van der Waals surface area contributed by atoms with Crippen molar-refractivity contribution in [1.82, 2.24) is 5.32 Å². The van der Waals surface area contributed by atoms with Crippen LogP contribution in [-0.4, -0.2) is 43.7 Å². The summed E-state index contributed by atoms with van der Waals surface area (Å²) in [5.41, 5.74) is 0. The number of rotatable bonds is 3. The van der Waals surface area contributed by atoms with Crippen LogP contribution in [0.15, 0.2) is 0 Å². The molecule has 2 atom stereocenters. The van der Waals surface area contributed by atoms with Gasteiger partial charge in [-0.3, -0.25) is 0 Å². The van der Waals surface area contributed by atoms with Crippen LogP contribution < -0.4 is 5.32 Å². The molecule has 2 aliphatic rings. The predicted molar refractivity (Wildman–Crippen MR) is 67.6 cm³/mol. The highest BCUT2D eigenvalue weighted by Crippen LogP contribution is 2.24. The van der Waals surface area contributed by atoms with E-state index in [2.05, 4.69) is 5.32 Å². The van der Waals surface area contributed by atoms with Crippen molar-refractivity contribution in [3.05, 3.63) is 0 Å². The average Bonchev–Trinajstić information content (AvgIpc) is 2.30. The van der Waals surface area contributed by atoms with E-state index in [9.17, 15) is 13.5 Å². The molecule has 17 heavy (non-hydrogen) atoms. The van der Waals surface area contributed by atoms with E-state index in [0.717, 1.165) is 38.6 Å². The highest BCUT2D eigenvalue weighted by Gasteiger charge is 2.26.